The number of Topliss-reactive ketones (excluding diaryl/α,β-unsaturated/α-hetero) is 1. The van der Waals surface area contributed by atoms with E-state index >= 15 is 0 Å². The Bertz CT molecular complexity index is 1650. The van der Waals surface area contributed by atoms with Gasteiger partial charge in [-0.15, -0.1) is 0 Å². The van der Waals surface area contributed by atoms with Gasteiger partial charge in [0.25, 0.3) is 0 Å². The van der Waals surface area contributed by atoms with Crippen LogP contribution in [0.1, 0.15) is 70.6 Å². The van der Waals surface area contributed by atoms with Crippen molar-refractivity contribution in [1.29, 1.82) is 0 Å². The summed E-state index contributed by atoms with van der Waals surface area (Å²) in [6.45, 7) is 3.42. The van der Waals surface area contributed by atoms with E-state index in [4.69, 9.17) is 24.2 Å². The third-order valence-corrected chi connectivity index (χ3v) is 9.51. The molecule has 236 valence electrons. The zero-order valence-electron chi connectivity index (χ0n) is 25.6. The molecule has 1 aromatic heterocycles. The largest absolute Gasteiger partial charge is 0.473 e. The van der Waals surface area contributed by atoms with Gasteiger partial charge in [0, 0.05) is 49.6 Å². The molecule has 2 saturated heterocycles. The Hall–Kier alpha value is -3.89. The van der Waals surface area contributed by atoms with Crippen LogP contribution in [0.5, 0.6) is 0 Å². The first-order valence-corrected chi connectivity index (χ1v) is 16.1. The third kappa shape index (κ3) is 6.58. The molecule has 0 amide bonds. The van der Waals surface area contributed by atoms with Gasteiger partial charge in [-0.2, -0.15) is 0 Å². The lowest BCUT2D eigenvalue weighted by Gasteiger charge is -2.36. The number of carbonyl (C=O) groups is 2. The van der Waals surface area contributed by atoms with Crippen molar-refractivity contribution in [2.45, 2.75) is 70.4 Å². The summed E-state index contributed by atoms with van der Waals surface area (Å²) in [5.41, 5.74) is 3.20. The molecule has 3 aromatic rings. The van der Waals surface area contributed by atoms with Gasteiger partial charge in [0.2, 0.25) is 5.90 Å². The number of benzene rings is 2. The van der Waals surface area contributed by atoms with Crippen LogP contribution in [-0.2, 0) is 33.8 Å². The summed E-state index contributed by atoms with van der Waals surface area (Å²) in [5, 5.41) is 0. The minimum Gasteiger partial charge on any atom is -0.473 e. The zero-order valence-corrected chi connectivity index (χ0v) is 25.6. The van der Waals surface area contributed by atoms with Crippen molar-refractivity contribution in [3.8, 4) is 0 Å². The second-order valence-electron chi connectivity index (χ2n) is 12.6. The van der Waals surface area contributed by atoms with Crippen molar-refractivity contribution in [2.75, 3.05) is 26.8 Å². The molecule has 2 aromatic carbocycles. The predicted molar refractivity (Wildman–Crippen MR) is 167 cm³/mol. The number of dihydropyridines is 1. The number of esters is 1. The van der Waals surface area contributed by atoms with Crippen LogP contribution in [0, 0.1) is 17.7 Å². The Morgan fingerprint density at radius 2 is 1.84 bits per heavy atom. The number of nitrogens with zero attached hydrogens (tertiary/aromatic N) is 4. The fraction of sp³-hybridized carbons (Fsp3) is 0.486. The van der Waals surface area contributed by atoms with Crippen LogP contribution in [0.4, 0.5) is 4.39 Å². The number of piperidine rings is 1. The predicted octanol–water partition coefficient (Wildman–Crippen LogP) is 5.50. The molecule has 1 aliphatic carbocycles. The van der Waals surface area contributed by atoms with E-state index in [1.54, 1.807) is 18.2 Å². The van der Waals surface area contributed by atoms with Crippen LogP contribution in [0.2, 0.25) is 0 Å². The lowest BCUT2D eigenvalue weighted by atomic mass is 9.92. The zero-order chi connectivity index (χ0) is 30.9. The smallest absolute Gasteiger partial charge is 0.337 e. The van der Waals surface area contributed by atoms with Crippen molar-refractivity contribution in [3.63, 3.8) is 0 Å². The number of carbonyl (C=O) groups excluding carboxylic acids is 2. The highest BCUT2D eigenvalue weighted by molar-refractivity contribution is 5.99. The molecular formula is C35H39FN4O5. The number of ketones is 1. The molecule has 3 fully saturated rings. The van der Waals surface area contributed by atoms with Crippen LogP contribution in [0.25, 0.3) is 11.0 Å². The molecule has 0 spiro atoms. The molecule has 45 heavy (non-hydrogen) atoms. The Labute approximate surface area is 262 Å². The normalized spacial score (nSPS) is 22.2. The van der Waals surface area contributed by atoms with Gasteiger partial charge < -0.3 is 18.8 Å². The van der Waals surface area contributed by atoms with Crippen LogP contribution < -0.4 is 0 Å². The number of aliphatic imine (C=N–C) groups is 1. The van der Waals surface area contributed by atoms with Crippen molar-refractivity contribution < 1.29 is 28.2 Å². The lowest BCUT2D eigenvalue weighted by molar-refractivity contribution is -0.0591. The standard InChI is InChI=1S/C35H39FN4O5/c1-43-35(42)25-9-10-29-30(19-25)40(20-27-13-16-44-27)32(37-29)17-22-11-14-39(15-12-22)31-3-2-4-33(38-31)45-21-26-8-7-24(18-28(26)36)34(41)23-5-6-23/h2,4,7-10,18-19,22-23,27,31H,3,5-6,11-17,20-21H2,1H3. The van der Waals surface area contributed by atoms with Crippen molar-refractivity contribution >= 4 is 28.7 Å². The Balaban J connectivity index is 0.964. The van der Waals surface area contributed by atoms with Crippen LogP contribution in [0.3, 0.4) is 0 Å². The quantitative estimate of drug-likeness (QED) is 0.220. The van der Waals surface area contributed by atoms with E-state index in [-0.39, 0.29) is 36.5 Å². The number of aromatic nitrogens is 2. The molecule has 2 unspecified atom stereocenters. The molecule has 9 nitrogen and oxygen atoms in total. The number of fused-ring (bicyclic) bond motifs is 1. The van der Waals surface area contributed by atoms with E-state index < -0.39 is 5.82 Å². The van der Waals surface area contributed by atoms with E-state index in [0.717, 1.165) is 88.0 Å². The van der Waals surface area contributed by atoms with Gasteiger partial charge in [0.05, 0.1) is 36.4 Å². The maximum atomic E-state index is 14.7. The highest BCUT2D eigenvalue weighted by Crippen LogP contribution is 2.33. The summed E-state index contributed by atoms with van der Waals surface area (Å²) in [6.07, 6.45) is 10.6. The Morgan fingerprint density at radius 3 is 2.56 bits per heavy atom. The molecule has 4 aliphatic rings. The average molecular weight is 615 g/mol. The average Bonchev–Trinajstić information content (AvgIpc) is 3.84. The van der Waals surface area contributed by atoms with Gasteiger partial charge in [-0.25, -0.2) is 19.2 Å². The van der Waals surface area contributed by atoms with Crippen LogP contribution >= 0.6 is 0 Å². The maximum Gasteiger partial charge on any atom is 0.337 e. The molecule has 3 aliphatic heterocycles. The van der Waals surface area contributed by atoms with Crippen molar-refractivity contribution in [2.24, 2.45) is 16.8 Å². The van der Waals surface area contributed by atoms with E-state index in [1.165, 1.54) is 13.2 Å². The minimum atomic E-state index is -0.418. The molecule has 1 saturated carbocycles. The van der Waals surface area contributed by atoms with E-state index in [1.807, 2.05) is 18.2 Å². The maximum absolute atomic E-state index is 14.7. The minimum absolute atomic E-state index is 0.00795. The highest BCUT2D eigenvalue weighted by atomic mass is 19.1. The van der Waals surface area contributed by atoms with Crippen LogP contribution in [0.15, 0.2) is 53.5 Å². The third-order valence-electron chi connectivity index (χ3n) is 9.51. The number of likely N-dealkylation sites (tertiary alicyclic amines) is 1. The van der Waals surface area contributed by atoms with Crippen molar-refractivity contribution in [3.05, 3.63) is 76.9 Å². The summed E-state index contributed by atoms with van der Waals surface area (Å²) < 4.78 is 33.6. The second kappa shape index (κ2) is 12.8. The van der Waals surface area contributed by atoms with E-state index in [2.05, 4.69) is 15.5 Å². The SMILES string of the molecule is COC(=O)c1ccc2nc(CC3CCN(C4CC=CC(OCc5ccc(C(=O)C6CC6)cc5F)=N4)CC3)n(CC3CCO3)c2c1. The summed E-state index contributed by atoms with van der Waals surface area (Å²) in [5.74, 6) is 1.34. The molecule has 0 bridgehead atoms. The molecular weight excluding hydrogens is 575 g/mol. The fourth-order valence-corrected chi connectivity index (χ4v) is 6.52. The molecule has 0 radical (unpaired) electrons. The number of methoxy groups -OCH3 is 1. The summed E-state index contributed by atoms with van der Waals surface area (Å²) >= 11 is 0. The van der Waals surface area contributed by atoms with Gasteiger partial charge in [-0.05, 0) is 68.4 Å². The lowest BCUT2D eigenvalue weighted by Crippen LogP contribution is -2.42. The van der Waals surface area contributed by atoms with Gasteiger partial charge in [-0.3, -0.25) is 9.69 Å². The van der Waals surface area contributed by atoms with E-state index in [9.17, 15) is 14.0 Å². The monoisotopic (exact) mass is 614 g/mol. The number of imidazole rings is 1. The Morgan fingerprint density at radius 1 is 1.04 bits per heavy atom. The number of hydrogen-bond acceptors (Lipinski definition) is 8. The molecule has 4 heterocycles. The molecule has 0 N–H and O–H groups in total. The number of halogens is 1. The highest BCUT2D eigenvalue weighted by Gasteiger charge is 2.31. The summed E-state index contributed by atoms with van der Waals surface area (Å²) in [7, 11) is 1.40. The summed E-state index contributed by atoms with van der Waals surface area (Å²) in [6, 6.07) is 10.2. The number of ether oxygens (including phenoxy) is 3. The topological polar surface area (TPSA) is 95.2 Å². The molecule has 10 heteroatoms. The Kier molecular flexibility index (Phi) is 8.51. The second-order valence-corrected chi connectivity index (χ2v) is 12.6. The van der Waals surface area contributed by atoms with Gasteiger partial charge in [0.15, 0.2) is 5.78 Å². The first-order valence-electron chi connectivity index (χ1n) is 16.1. The molecule has 7 rings (SSSR count). The van der Waals surface area contributed by atoms with Gasteiger partial charge in [0.1, 0.15) is 24.4 Å². The fourth-order valence-electron chi connectivity index (χ4n) is 6.52. The number of rotatable bonds is 10. The molecule has 2 atom stereocenters. The van der Waals surface area contributed by atoms with Crippen LogP contribution in [-0.4, -0.2) is 71.2 Å². The summed E-state index contributed by atoms with van der Waals surface area (Å²) in [4.78, 5) is 36.7. The first-order chi connectivity index (χ1) is 21.9. The van der Waals surface area contributed by atoms with Gasteiger partial charge in [-0.1, -0.05) is 18.2 Å². The van der Waals surface area contributed by atoms with Crippen molar-refractivity contribution in [1.82, 2.24) is 14.5 Å². The van der Waals surface area contributed by atoms with Gasteiger partial charge >= 0.3 is 5.97 Å². The number of hydrogen-bond donors (Lipinski definition) is 0. The first kappa shape index (κ1) is 29.8. The van der Waals surface area contributed by atoms with E-state index in [0.29, 0.717) is 28.5 Å².